The highest BCUT2D eigenvalue weighted by Gasteiger charge is 2.23. The van der Waals surface area contributed by atoms with Gasteiger partial charge in [0.05, 0.1) is 33.8 Å². The molecule has 0 aliphatic rings. The number of nitrogens with zero attached hydrogens (tertiary/aromatic N) is 2. The topological polar surface area (TPSA) is 59.5 Å². The Hall–Kier alpha value is -1.67. The molecule has 1 heterocycles. The van der Waals surface area contributed by atoms with E-state index in [4.69, 9.17) is 16.3 Å². The summed E-state index contributed by atoms with van der Waals surface area (Å²) in [5, 5.41) is 0.994. The number of sulfonamides is 1. The first-order valence-electron chi connectivity index (χ1n) is 7.06. The molecule has 3 rings (SSSR count). The second kappa shape index (κ2) is 6.68. The Bertz CT molecular complexity index is 953. The van der Waals surface area contributed by atoms with Crippen LogP contribution in [0.4, 0.5) is 0 Å². The van der Waals surface area contributed by atoms with E-state index < -0.39 is 10.0 Å². The second-order valence-electron chi connectivity index (χ2n) is 5.13. The number of para-hydroxylation sites is 1. The second-order valence-corrected chi connectivity index (χ2v) is 8.70. The van der Waals surface area contributed by atoms with Crippen LogP contribution < -0.4 is 4.74 Å². The number of hydrogen-bond acceptors (Lipinski definition) is 5. The highest BCUT2D eigenvalue weighted by atomic mass is 35.5. The number of thiazole rings is 1. The summed E-state index contributed by atoms with van der Waals surface area (Å²) in [6.07, 6.45) is 0. The third-order valence-corrected chi connectivity index (χ3v) is 6.64. The molecule has 0 spiro atoms. The molecule has 5 nitrogen and oxygen atoms in total. The van der Waals surface area contributed by atoms with Crippen molar-refractivity contribution in [2.24, 2.45) is 0 Å². The summed E-state index contributed by atoms with van der Waals surface area (Å²) in [6, 6.07) is 12.1. The van der Waals surface area contributed by atoms with Gasteiger partial charge < -0.3 is 4.74 Å². The Morgan fingerprint density at radius 1 is 1.25 bits per heavy atom. The van der Waals surface area contributed by atoms with Crippen LogP contribution >= 0.6 is 22.9 Å². The number of benzene rings is 2. The minimum atomic E-state index is -3.66. The van der Waals surface area contributed by atoms with Gasteiger partial charge in [-0.1, -0.05) is 23.7 Å². The summed E-state index contributed by atoms with van der Waals surface area (Å²) in [5.41, 5.74) is 0.871. The molecule has 0 amide bonds. The first-order valence-corrected chi connectivity index (χ1v) is 9.69. The molecule has 0 aliphatic heterocycles. The normalized spacial score (nSPS) is 12.0. The lowest BCUT2D eigenvalue weighted by Crippen LogP contribution is -2.26. The van der Waals surface area contributed by atoms with E-state index in [0.717, 1.165) is 15.2 Å². The zero-order chi connectivity index (χ0) is 17.3. The van der Waals surface area contributed by atoms with Gasteiger partial charge in [-0.15, -0.1) is 11.3 Å². The van der Waals surface area contributed by atoms with Crippen LogP contribution in [0.15, 0.2) is 47.4 Å². The molecule has 24 heavy (non-hydrogen) atoms. The van der Waals surface area contributed by atoms with Gasteiger partial charge >= 0.3 is 0 Å². The van der Waals surface area contributed by atoms with E-state index in [1.165, 1.54) is 41.9 Å². The van der Waals surface area contributed by atoms with Gasteiger partial charge in [0.2, 0.25) is 10.0 Å². The van der Waals surface area contributed by atoms with Gasteiger partial charge in [-0.25, -0.2) is 13.4 Å². The molecule has 0 fully saturated rings. The number of rotatable bonds is 5. The van der Waals surface area contributed by atoms with E-state index >= 15 is 0 Å². The van der Waals surface area contributed by atoms with Crippen LogP contribution in [0.2, 0.25) is 5.02 Å². The van der Waals surface area contributed by atoms with Crippen molar-refractivity contribution < 1.29 is 13.2 Å². The highest BCUT2D eigenvalue weighted by Crippen LogP contribution is 2.29. The Labute approximate surface area is 149 Å². The maximum atomic E-state index is 12.7. The Balaban J connectivity index is 1.87. The van der Waals surface area contributed by atoms with Gasteiger partial charge in [-0.05, 0) is 30.3 Å². The van der Waals surface area contributed by atoms with E-state index in [1.807, 2.05) is 24.3 Å². The van der Waals surface area contributed by atoms with E-state index in [9.17, 15) is 8.42 Å². The Kier molecular flexibility index (Phi) is 4.78. The molecule has 2 aromatic carbocycles. The van der Waals surface area contributed by atoms with Gasteiger partial charge in [0.25, 0.3) is 0 Å². The lowest BCUT2D eigenvalue weighted by molar-refractivity contribution is 0.414. The van der Waals surface area contributed by atoms with Crippen LogP contribution in [0.5, 0.6) is 5.75 Å². The molecule has 0 radical (unpaired) electrons. The quantitative estimate of drug-likeness (QED) is 0.673. The summed E-state index contributed by atoms with van der Waals surface area (Å²) in [6.45, 7) is 0.200. The lowest BCUT2D eigenvalue weighted by atomic mass is 10.3. The largest absolute Gasteiger partial charge is 0.495 e. The van der Waals surface area contributed by atoms with Crippen LogP contribution in [0.3, 0.4) is 0 Å². The molecule has 8 heteroatoms. The van der Waals surface area contributed by atoms with Gasteiger partial charge in [0.1, 0.15) is 10.8 Å². The van der Waals surface area contributed by atoms with E-state index in [1.54, 1.807) is 6.07 Å². The Morgan fingerprint density at radius 3 is 2.67 bits per heavy atom. The van der Waals surface area contributed by atoms with Gasteiger partial charge in [-0.3, -0.25) is 0 Å². The maximum absolute atomic E-state index is 12.7. The summed E-state index contributed by atoms with van der Waals surface area (Å²) in [4.78, 5) is 4.59. The van der Waals surface area contributed by atoms with Crippen molar-refractivity contribution >= 4 is 43.2 Å². The molecule has 0 N–H and O–H groups in total. The molecule has 0 unspecified atom stereocenters. The fraction of sp³-hybridized carbons (Fsp3) is 0.188. The maximum Gasteiger partial charge on any atom is 0.243 e. The van der Waals surface area contributed by atoms with Crippen molar-refractivity contribution in [2.75, 3.05) is 14.2 Å². The predicted molar refractivity (Wildman–Crippen MR) is 96.3 cm³/mol. The average Bonchev–Trinajstić information content (AvgIpc) is 2.96. The zero-order valence-corrected chi connectivity index (χ0v) is 15.5. The Morgan fingerprint density at radius 2 is 2.00 bits per heavy atom. The minimum absolute atomic E-state index is 0.122. The average molecular weight is 383 g/mol. The standard InChI is InChI=1S/C16H15ClN2O3S2/c1-19(10-16-18-13-5-3-4-6-15(13)23-16)24(20,21)11-7-8-14(22-2)12(17)9-11/h3-9H,10H2,1-2H3. The van der Waals surface area contributed by atoms with Crippen molar-refractivity contribution in [2.45, 2.75) is 11.4 Å². The summed E-state index contributed by atoms with van der Waals surface area (Å²) in [7, 11) is -0.654. The van der Waals surface area contributed by atoms with Crippen molar-refractivity contribution in [1.29, 1.82) is 0 Å². The fourth-order valence-corrected chi connectivity index (χ4v) is 4.83. The first kappa shape index (κ1) is 17.2. The number of aromatic nitrogens is 1. The van der Waals surface area contributed by atoms with Crippen LogP contribution in [0, 0.1) is 0 Å². The van der Waals surface area contributed by atoms with Crippen LogP contribution in [-0.4, -0.2) is 31.9 Å². The van der Waals surface area contributed by atoms with Crippen molar-refractivity contribution in [1.82, 2.24) is 9.29 Å². The summed E-state index contributed by atoms with van der Waals surface area (Å²) < 4.78 is 32.8. The van der Waals surface area contributed by atoms with E-state index in [0.29, 0.717) is 5.75 Å². The van der Waals surface area contributed by atoms with Crippen molar-refractivity contribution in [3.8, 4) is 5.75 Å². The fourth-order valence-electron chi connectivity index (χ4n) is 2.25. The van der Waals surface area contributed by atoms with E-state index in [-0.39, 0.29) is 16.5 Å². The van der Waals surface area contributed by atoms with Gasteiger partial charge in [0.15, 0.2) is 0 Å². The monoisotopic (exact) mass is 382 g/mol. The zero-order valence-electron chi connectivity index (χ0n) is 13.1. The molecule has 126 valence electrons. The van der Waals surface area contributed by atoms with Crippen LogP contribution in [0.1, 0.15) is 5.01 Å². The molecule has 0 aliphatic carbocycles. The smallest absolute Gasteiger partial charge is 0.243 e. The molecular weight excluding hydrogens is 368 g/mol. The number of methoxy groups -OCH3 is 1. The van der Waals surface area contributed by atoms with Crippen LogP contribution in [-0.2, 0) is 16.6 Å². The molecule has 0 atom stereocenters. The number of halogens is 1. The third-order valence-electron chi connectivity index (χ3n) is 3.53. The number of ether oxygens (including phenoxy) is 1. The third kappa shape index (κ3) is 3.25. The highest BCUT2D eigenvalue weighted by molar-refractivity contribution is 7.89. The summed E-state index contributed by atoms with van der Waals surface area (Å²) in [5.74, 6) is 0.435. The molecule has 1 aromatic heterocycles. The molecule has 0 bridgehead atoms. The van der Waals surface area contributed by atoms with Crippen LogP contribution in [0.25, 0.3) is 10.2 Å². The predicted octanol–water partition coefficient (Wildman–Crippen LogP) is 3.78. The van der Waals surface area contributed by atoms with Crippen molar-refractivity contribution in [3.05, 3.63) is 52.5 Å². The summed E-state index contributed by atoms with van der Waals surface area (Å²) >= 11 is 7.52. The van der Waals surface area contributed by atoms with Gasteiger partial charge in [0, 0.05) is 7.05 Å². The number of hydrogen-bond donors (Lipinski definition) is 0. The molecule has 3 aromatic rings. The first-order chi connectivity index (χ1) is 11.4. The molecule has 0 saturated heterocycles. The van der Waals surface area contributed by atoms with Crippen molar-refractivity contribution in [3.63, 3.8) is 0 Å². The van der Waals surface area contributed by atoms with Gasteiger partial charge in [-0.2, -0.15) is 4.31 Å². The van der Waals surface area contributed by atoms with E-state index in [2.05, 4.69) is 4.98 Å². The molecule has 0 saturated carbocycles. The minimum Gasteiger partial charge on any atom is -0.495 e. The molecular formula is C16H15ClN2O3S2. The lowest BCUT2D eigenvalue weighted by Gasteiger charge is -2.16. The number of fused-ring (bicyclic) bond motifs is 1. The SMILES string of the molecule is COc1ccc(S(=O)(=O)N(C)Cc2nc3ccccc3s2)cc1Cl.